The van der Waals surface area contributed by atoms with Crippen LogP contribution in [0, 0.1) is 5.82 Å². The van der Waals surface area contributed by atoms with Crippen LogP contribution in [0.3, 0.4) is 0 Å². The van der Waals surface area contributed by atoms with Crippen molar-refractivity contribution in [3.05, 3.63) is 65.5 Å². The van der Waals surface area contributed by atoms with E-state index in [1.807, 2.05) is 5.32 Å². The first kappa shape index (κ1) is 21.4. The number of para-hydroxylation sites is 1. The van der Waals surface area contributed by atoms with Gasteiger partial charge in [0, 0.05) is 18.1 Å². The van der Waals surface area contributed by atoms with E-state index >= 15 is 0 Å². The second-order valence-electron chi connectivity index (χ2n) is 6.64. The largest absolute Gasteiger partial charge is 0.479 e. The Balaban J connectivity index is 2.24. The van der Waals surface area contributed by atoms with E-state index in [1.165, 1.54) is 24.3 Å². The van der Waals surface area contributed by atoms with Crippen molar-refractivity contribution < 1.29 is 29.0 Å². The van der Waals surface area contributed by atoms with E-state index in [0.717, 1.165) is 11.3 Å². The van der Waals surface area contributed by atoms with Gasteiger partial charge >= 0.3 is 11.9 Å². The quantitative estimate of drug-likeness (QED) is 0.492. The van der Waals surface area contributed by atoms with Crippen molar-refractivity contribution in [2.75, 3.05) is 6.54 Å². The molecular formula is C20H17ClFN3O5. The molecule has 1 atom stereocenters. The van der Waals surface area contributed by atoms with E-state index in [4.69, 9.17) is 11.8 Å². The fourth-order valence-corrected chi connectivity index (χ4v) is 3.71. The summed E-state index contributed by atoms with van der Waals surface area (Å²) in [5.41, 5.74) is -2.43. The van der Waals surface area contributed by atoms with Crippen LogP contribution in [-0.2, 0) is 14.4 Å². The average molecular weight is 434 g/mol. The van der Waals surface area contributed by atoms with Gasteiger partial charge in [0.2, 0.25) is 5.91 Å². The van der Waals surface area contributed by atoms with E-state index < -0.39 is 47.5 Å². The highest BCUT2D eigenvalue weighted by atomic mass is 35.5. The Kier molecular flexibility index (Phi) is 5.86. The van der Waals surface area contributed by atoms with Crippen molar-refractivity contribution in [2.45, 2.75) is 18.5 Å². The monoisotopic (exact) mass is 433 g/mol. The third kappa shape index (κ3) is 3.64. The summed E-state index contributed by atoms with van der Waals surface area (Å²) in [6.45, 7) is 0.514. The number of amides is 1. The van der Waals surface area contributed by atoms with Crippen molar-refractivity contribution in [3.8, 4) is 0 Å². The predicted octanol–water partition coefficient (Wildman–Crippen LogP) is 2.50. The van der Waals surface area contributed by atoms with Crippen LogP contribution in [0.1, 0.15) is 24.1 Å². The number of carboxylic acids is 2. The number of rotatable bonds is 5. The minimum absolute atomic E-state index is 0.201. The van der Waals surface area contributed by atoms with Crippen LogP contribution in [0.4, 0.5) is 10.1 Å². The summed E-state index contributed by atoms with van der Waals surface area (Å²) in [7, 11) is 0. The van der Waals surface area contributed by atoms with Gasteiger partial charge in [-0.3, -0.25) is 9.79 Å². The smallest absolute Gasteiger partial charge is 0.347 e. The minimum atomic E-state index is -2.85. The van der Waals surface area contributed by atoms with Crippen LogP contribution in [0.5, 0.6) is 0 Å². The highest BCUT2D eigenvalue weighted by Crippen LogP contribution is 2.40. The molecule has 0 bridgehead atoms. The van der Waals surface area contributed by atoms with Crippen LogP contribution in [0.15, 0.2) is 53.5 Å². The summed E-state index contributed by atoms with van der Waals surface area (Å²) in [5, 5.41) is 21.5. The second-order valence-corrected chi connectivity index (χ2v) is 7.07. The molecule has 3 N–H and O–H groups in total. The Bertz CT molecular complexity index is 1040. The van der Waals surface area contributed by atoms with Crippen LogP contribution >= 0.6 is 11.8 Å². The Morgan fingerprint density at radius 3 is 2.23 bits per heavy atom. The molecular weight excluding hydrogens is 417 g/mol. The number of nitrogens with zero attached hydrogens (tertiary/aromatic N) is 2. The maximum atomic E-state index is 14.6. The molecule has 0 aromatic heterocycles. The number of halogens is 2. The highest BCUT2D eigenvalue weighted by Gasteiger charge is 2.54. The fraction of sp³-hybridized carbons (Fsp3) is 0.200. The van der Waals surface area contributed by atoms with E-state index in [0.29, 0.717) is 5.56 Å². The summed E-state index contributed by atoms with van der Waals surface area (Å²) in [4.78, 5) is 40.0. The summed E-state index contributed by atoms with van der Waals surface area (Å²) < 4.78 is 15.6. The number of aliphatic imine (C=N–C) groups is 1. The lowest BCUT2D eigenvalue weighted by Crippen LogP contribution is -2.66. The van der Waals surface area contributed by atoms with Gasteiger partial charge in [-0.1, -0.05) is 36.4 Å². The molecule has 2 aromatic carbocycles. The van der Waals surface area contributed by atoms with Gasteiger partial charge in [-0.05, 0) is 23.9 Å². The molecule has 0 aliphatic carbocycles. The van der Waals surface area contributed by atoms with Crippen LogP contribution in [-0.4, -0.2) is 50.3 Å². The number of aliphatic carboxylic acids is 2. The first-order valence-electron chi connectivity index (χ1n) is 8.77. The van der Waals surface area contributed by atoms with Crippen molar-refractivity contribution >= 4 is 41.0 Å². The number of benzene rings is 2. The van der Waals surface area contributed by atoms with Crippen LogP contribution in [0.2, 0.25) is 0 Å². The molecule has 1 unspecified atom stereocenters. The zero-order chi connectivity index (χ0) is 22.1. The van der Waals surface area contributed by atoms with Gasteiger partial charge in [-0.15, -0.1) is 0 Å². The minimum Gasteiger partial charge on any atom is -0.479 e. The van der Waals surface area contributed by atoms with Crippen molar-refractivity contribution in [3.63, 3.8) is 0 Å². The van der Waals surface area contributed by atoms with E-state index in [-0.39, 0.29) is 11.3 Å². The molecule has 0 saturated heterocycles. The molecule has 10 heteroatoms. The van der Waals surface area contributed by atoms with E-state index in [2.05, 4.69) is 4.99 Å². The molecule has 3 rings (SSSR count). The van der Waals surface area contributed by atoms with E-state index in [9.17, 15) is 29.0 Å². The van der Waals surface area contributed by atoms with Crippen LogP contribution in [0.25, 0.3) is 0 Å². The Morgan fingerprint density at radius 1 is 1.10 bits per heavy atom. The maximum Gasteiger partial charge on any atom is 0.347 e. The number of carbonyl (C=O) groups is 3. The van der Waals surface area contributed by atoms with Gasteiger partial charge in [0.15, 0.2) is 0 Å². The molecule has 156 valence electrons. The lowest BCUT2D eigenvalue weighted by molar-refractivity contribution is -0.156. The van der Waals surface area contributed by atoms with Gasteiger partial charge in [0.05, 0.1) is 24.0 Å². The SMILES string of the molecule is CC(=O)NC(C(=O)O)(C(=O)O)C1=Nc2ccccc2C(c2ccccc2F)N(Cl)C1. The first-order chi connectivity index (χ1) is 14.2. The maximum absolute atomic E-state index is 14.6. The number of carbonyl (C=O) groups excluding carboxylic acids is 1. The van der Waals surface area contributed by atoms with Gasteiger partial charge in [-0.25, -0.2) is 18.4 Å². The molecule has 0 spiro atoms. The lowest BCUT2D eigenvalue weighted by atomic mass is 9.92. The molecule has 1 aliphatic heterocycles. The first-order valence-corrected chi connectivity index (χ1v) is 9.11. The molecule has 1 heterocycles. The van der Waals surface area contributed by atoms with Gasteiger partial charge in [0.1, 0.15) is 5.82 Å². The van der Waals surface area contributed by atoms with Crippen molar-refractivity contribution in [2.24, 2.45) is 4.99 Å². The third-order valence-corrected chi connectivity index (χ3v) is 5.02. The van der Waals surface area contributed by atoms with Crippen LogP contribution < -0.4 is 5.32 Å². The zero-order valence-corrected chi connectivity index (χ0v) is 16.4. The van der Waals surface area contributed by atoms with E-state index in [1.54, 1.807) is 24.3 Å². The summed E-state index contributed by atoms with van der Waals surface area (Å²) in [6, 6.07) is 11.5. The molecule has 8 nitrogen and oxygen atoms in total. The Morgan fingerprint density at radius 2 is 1.67 bits per heavy atom. The summed E-state index contributed by atoms with van der Waals surface area (Å²) >= 11 is 6.46. The number of fused-ring (bicyclic) bond motifs is 1. The van der Waals surface area contributed by atoms with Gasteiger partial charge in [0.25, 0.3) is 5.54 Å². The predicted molar refractivity (Wildman–Crippen MR) is 106 cm³/mol. The number of hydrogen-bond acceptors (Lipinski definition) is 5. The number of carboxylic acid groups (broad SMARTS) is 2. The summed E-state index contributed by atoms with van der Waals surface area (Å²) in [6.07, 6.45) is 0. The molecule has 30 heavy (non-hydrogen) atoms. The molecule has 1 amide bonds. The topological polar surface area (TPSA) is 119 Å². The normalized spacial score (nSPS) is 16.8. The molecule has 0 radical (unpaired) electrons. The number of hydrogen-bond donors (Lipinski definition) is 3. The third-order valence-electron chi connectivity index (χ3n) is 4.71. The molecule has 1 aliphatic rings. The Labute approximate surface area is 175 Å². The molecule has 0 saturated carbocycles. The van der Waals surface area contributed by atoms with Gasteiger partial charge < -0.3 is 15.5 Å². The molecule has 0 fully saturated rings. The lowest BCUT2D eigenvalue weighted by Gasteiger charge is -2.30. The average Bonchev–Trinajstić information content (AvgIpc) is 2.82. The summed E-state index contributed by atoms with van der Waals surface area (Å²) in [5.74, 6) is -5.10. The Hall–Kier alpha value is -3.30. The molecule has 2 aromatic rings. The highest BCUT2D eigenvalue weighted by molar-refractivity contribution is 6.30. The standard InChI is InChI=1S/C20H17ClFN3O5/c1-11(26)24-20(18(27)28,19(29)30)16-10-25(21)17(12-6-2-4-8-14(12)22)13-7-3-5-9-15(13)23-16/h2-9,17H,10H2,1H3,(H,24,26)(H,27,28)(H,29,30). The van der Waals surface area contributed by atoms with Gasteiger partial charge in [-0.2, -0.15) is 0 Å². The van der Waals surface area contributed by atoms with Crippen molar-refractivity contribution in [1.82, 2.24) is 9.74 Å². The zero-order valence-electron chi connectivity index (χ0n) is 15.7. The number of nitrogens with one attached hydrogen (secondary N) is 1. The second kappa shape index (κ2) is 8.21. The fourth-order valence-electron chi connectivity index (χ4n) is 3.39. The van der Waals surface area contributed by atoms with Crippen molar-refractivity contribution in [1.29, 1.82) is 0 Å².